The van der Waals surface area contributed by atoms with Crippen LogP contribution in [0.3, 0.4) is 0 Å². The molecule has 0 radical (unpaired) electrons. The molecule has 0 amide bonds. The first-order valence-electron chi connectivity index (χ1n) is 7.11. The van der Waals surface area contributed by atoms with E-state index in [0.717, 1.165) is 37.5 Å². The van der Waals surface area contributed by atoms with Gasteiger partial charge in [-0.15, -0.1) is 0 Å². The molecule has 0 saturated carbocycles. The van der Waals surface area contributed by atoms with Crippen molar-refractivity contribution in [3.8, 4) is 5.75 Å². The SMILES string of the molecule is COc1cc(F)ccc1[C@@H](c1ccco1)N1CCNCC1. The lowest BCUT2D eigenvalue weighted by Crippen LogP contribution is -2.45. The van der Waals surface area contributed by atoms with Crippen LogP contribution in [0.5, 0.6) is 5.75 Å². The molecular formula is C16H19FN2O2. The Hall–Kier alpha value is -1.85. The summed E-state index contributed by atoms with van der Waals surface area (Å²) in [6.45, 7) is 3.68. The Morgan fingerprint density at radius 2 is 2.10 bits per heavy atom. The molecule has 1 aromatic heterocycles. The van der Waals surface area contributed by atoms with E-state index in [2.05, 4.69) is 10.2 Å². The van der Waals surface area contributed by atoms with Crippen LogP contribution in [0.4, 0.5) is 4.39 Å². The maximum absolute atomic E-state index is 13.5. The Morgan fingerprint density at radius 3 is 2.76 bits per heavy atom. The summed E-state index contributed by atoms with van der Waals surface area (Å²) in [5, 5.41) is 3.34. The molecule has 2 heterocycles. The number of hydrogen-bond acceptors (Lipinski definition) is 4. The monoisotopic (exact) mass is 290 g/mol. The third kappa shape index (κ3) is 2.94. The second kappa shape index (κ2) is 6.28. The summed E-state index contributed by atoms with van der Waals surface area (Å²) >= 11 is 0. The Morgan fingerprint density at radius 1 is 1.29 bits per heavy atom. The van der Waals surface area contributed by atoms with E-state index >= 15 is 0 Å². The standard InChI is InChI=1S/C16H19FN2O2/c1-20-15-11-12(17)4-5-13(15)16(14-3-2-10-21-14)19-8-6-18-7-9-19/h2-5,10-11,16,18H,6-9H2,1H3/t16-/m0/s1. The summed E-state index contributed by atoms with van der Waals surface area (Å²) in [6, 6.07) is 8.45. The van der Waals surface area contributed by atoms with Gasteiger partial charge in [0.25, 0.3) is 0 Å². The van der Waals surface area contributed by atoms with Crippen LogP contribution in [-0.2, 0) is 0 Å². The van der Waals surface area contributed by atoms with E-state index in [1.54, 1.807) is 19.4 Å². The number of halogens is 1. The zero-order valence-corrected chi connectivity index (χ0v) is 12.0. The van der Waals surface area contributed by atoms with Gasteiger partial charge >= 0.3 is 0 Å². The fourth-order valence-corrected chi connectivity index (χ4v) is 2.83. The lowest BCUT2D eigenvalue weighted by atomic mass is 10.0. The summed E-state index contributed by atoms with van der Waals surface area (Å²) in [7, 11) is 1.56. The lowest BCUT2D eigenvalue weighted by molar-refractivity contribution is 0.177. The molecule has 1 fully saturated rings. The molecule has 5 heteroatoms. The highest BCUT2D eigenvalue weighted by molar-refractivity contribution is 5.40. The Labute approximate surface area is 123 Å². The number of ether oxygens (including phenoxy) is 1. The first-order chi connectivity index (χ1) is 10.3. The van der Waals surface area contributed by atoms with E-state index in [0.29, 0.717) is 5.75 Å². The molecule has 1 N–H and O–H groups in total. The van der Waals surface area contributed by atoms with Crippen molar-refractivity contribution in [3.63, 3.8) is 0 Å². The van der Waals surface area contributed by atoms with Gasteiger partial charge < -0.3 is 14.5 Å². The molecule has 0 spiro atoms. The number of nitrogens with one attached hydrogen (secondary N) is 1. The molecule has 2 aromatic rings. The van der Waals surface area contributed by atoms with Crippen molar-refractivity contribution < 1.29 is 13.5 Å². The molecule has 1 aliphatic rings. The number of hydrogen-bond donors (Lipinski definition) is 1. The van der Waals surface area contributed by atoms with Gasteiger partial charge in [-0.05, 0) is 18.2 Å². The molecule has 4 nitrogen and oxygen atoms in total. The zero-order chi connectivity index (χ0) is 14.7. The highest BCUT2D eigenvalue weighted by Gasteiger charge is 2.28. The molecule has 21 heavy (non-hydrogen) atoms. The van der Waals surface area contributed by atoms with Crippen molar-refractivity contribution in [2.45, 2.75) is 6.04 Å². The second-order valence-electron chi connectivity index (χ2n) is 5.09. The van der Waals surface area contributed by atoms with Gasteiger partial charge in [-0.25, -0.2) is 4.39 Å². The Bertz CT molecular complexity index is 580. The second-order valence-corrected chi connectivity index (χ2v) is 5.09. The van der Waals surface area contributed by atoms with Gasteiger partial charge in [-0.1, -0.05) is 6.07 Å². The average molecular weight is 290 g/mol. The number of piperazine rings is 1. The average Bonchev–Trinajstić information content (AvgIpc) is 3.04. The fourth-order valence-electron chi connectivity index (χ4n) is 2.83. The number of benzene rings is 1. The van der Waals surface area contributed by atoms with Crippen molar-refractivity contribution in [2.24, 2.45) is 0 Å². The molecule has 0 unspecified atom stereocenters. The molecule has 3 rings (SSSR count). The molecular weight excluding hydrogens is 271 g/mol. The predicted molar refractivity (Wildman–Crippen MR) is 77.9 cm³/mol. The molecule has 0 aliphatic carbocycles. The van der Waals surface area contributed by atoms with E-state index in [4.69, 9.17) is 9.15 Å². The first kappa shape index (κ1) is 14.1. The summed E-state index contributed by atoms with van der Waals surface area (Å²) < 4.78 is 24.4. The van der Waals surface area contributed by atoms with Gasteiger partial charge in [0.05, 0.1) is 19.4 Å². The molecule has 1 saturated heterocycles. The largest absolute Gasteiger partial charge is 0.496 e. The van der Waals surface area contributed by atoms with Gasteiger partial charge in [-0.2, -0.15) is 0 Å². The van der Waals surface area contributed by atoms with E-state index in [9.17, 15) is 4.39 Å². The van der Waals surface area contributed by atoms with Crippen molar-refractivity contribution in [3.05, 3.63) is 53.7 Å². The van der Waals surface area contributed by atoms with Gasteiger partial charge in [0.15, 0.2) is 0 Å². The van der Waals surface area contributed by atoms with E-state index in [-0.39, 0.29) is 11.9 Å². The summed E-state index contributed by atoms with van der Waals surface area (Å²) in [5.74, 6) is 1.10. The third-order valence-electron chi connectivity index (χ3n) is 3.82. The van der Waals surface area contributed by atoms with E-state index in [1.165, 1.54) is 12.1 Å². The molecule has 1 atom stereocenters. The molecule has 1 aliphatic heterocycles. The topological polar surface area (TPSA) is 37.6 Å². The van der Waals surface area contributed by atoms with Crippen LogP contribution in [0.2, 0.25) is 0 Å². The van der Waals surface area contributed by atoms with Gasteiger partial charge in [0, 0.05) is 37.8 Å². The summed E-state index contributed by atoms with van der Waals surface area (Å²) in [6.07, 6.45) is 1.67. The molecule has 112 valence electrons. The Balaban J connectivity index is 2.02. The fraction of sp³-hybridized carbons (Fsp3) is 0.375. The Kier molecular flexibility index (Phi) is 4.22. The van der Waals surface area contributed by atoms with Crippen LogP contribution >= 0.6 is 0 Å². The first-order valence-corrected chi connectivity index (χ1v) is 7.11. The van der Waals surface area contributed by atoms with Crippen LogP contribution in [0.15, 0.2) is 41.0 Å². The smallest absolute Gasteiger partial charge is 0.127 e. The van der Waals surface area contributed by atoms with Crippen molar-refractivity contribution in [1.82, 2.24) is 10.2 Å². The zero-order valence-electron chi connectivity index (χ0n) is 12.0. The van der Waals surface area contributed by atoms with Crippen LogP contribution in [0.1, 0.15) is 17.4 Å². The summed E-state index contributed by atoms with van der Waals surface area (Å²) in [5.41, 5.74) is 0.927. The predicted octanol–water partition coefficient (Wildman–Crippen LogP) is 2.42. The third-order valence-corrected chi connectivity index (χ3v) is 3.82. The minimum atomic E-state index is -0.297. The van der Waals surface area contributed by atoms with Gasteiger partial charge in [-0.3, -0.25) is 4.90 Å². The van der Waals surface area contributed by atoms with Crippen molar-refractivity contribution in [1.29, 1.82) is 0 Å². The number of nitrogens with zero attached hydrogens (tertiary/aromatic N) is 1. The van der Waals surface area contributed by atoms with Crippen LogP contribution < -0.4 is 10.1 Å². The normalized spacial score (nSPS) is 17.6. The van der Waals surface area contributed by atoms with E-state index < -0.39 is 0 Å². The van der Waals surface area contributed by atoms with Gasteiger partial charge in [0.2, 0.25) is 0 Å². The van der Waals surface area contributed by atoms with Crippen molar-refractivity contribution >= 4 is 0 Å². The van der Waals surface area contributed by atoms with Crippen LogP contribution in [-0.4, -0.2) is 38.2 Å². The quantitative estimate of drug-likeness (QED) is 0.938. The maximum Gasteiger partial charge on any atom is 0.127 e. The van der Waals surface area contributed by atoms with Crippen LogP contribution in [0.25, 0.3) is 0 Å². The highest BCUT2D eigenvalue weighted by atomic mass is 19.1. The molecule has 0 bridgehead atoms. The number of furan rings is 1. The lowest BCUT2D eigenvalue weighted by Gasteiger charge is -2.34. The minimum absolute atomic E-state index is 0.0577. The maximum atomic E-state index is 13.5. The summed E-state index contributed by atoms with van der Waals surface area (Å²) in [4.78, 5) is 2.32. The van der Waals surface area contributed by atoms with E-state index in [1.807, 2.05) is 12.1 Å². The molecule has 1 aromatic carbocycles. The van der Waals surface area contributed by atoms with Gasteiger partial charge in [0.1, 0.15) is 17.3 Å². The number of methoxy groups -OCH3 is 1. The van der Waals surface area contributed by atoms with Crippen molar-refractivity contribution in [2.75, 3.05) is 33.3 Å². The van der Waals surface area contributed by atoms with Crippen LogP contribution in [0, 0.1) is 5.82 Å². The minimum Gasteiger partial charge on any atom is -0.496 e. The number of rotatable bonds is 4. The highest BCUT2D eigenvalue weighted by Crippen LogP contribution is 2.35.